The van der Waals surface area contributed by atoms with Crippen molar-refractivity contribution < 1.29 is 4.79 Å². The van der Waals surface area contributed by atoms with Gasteiger partial charge in [-0.15, -0.1) is 0 Å². The maximum Gasteiger partial charge on any atom is 0.314 e. The molecule has 0 aromatic carbocycles. The number of likely N-dealkylation sites (tertiary alicyclic amines) is 1. The molecule has 4 N–H and O–H groups in total. The van der Waals surface area contributed by atoms with Crippen molar-refractivity contribution in [3.8, 4) is 0 Å². The van der Waals surface area contributed by atoms with Crippen LogP contribution in [0.4, 0.5) is 4.79 Å². The number of urea groups is 1. The first-order valence-electron chi connectivity index (χ1n) is 4.72. The number of rotatable bonds is 0. The van der Waals surface area contributed by atoms with Crippen LogP contribution in [0.2, 0.25) is 0 Å². The van der Waals surface area contributed by atoms with E-state index >= 15 is 0 Å². The molecule has 0 aliphatic carbocycles. The van der Waals surface area contributed by atoms with E-state index in [9.17, 15) is 4.79 Å². The molecule has 2 heterocycles. The van der Waals surface area contributed by atoms with Gasteiger partial charge in [0.2, 0.25) is 0 Å². The van der Waals surface area contributed by atoms with E-state index in [1.165, 1.54) is 0 Å². The van der Waals surface area contributed by atoms with Crippen molar-refractivity contribution in [3.05, 3.63) is 0 Å². The Kier molecular flexibility index (Phi) is 2.13. The number of amides is 2. The largest absolute Gasteiger partial charge is 0.351 e. The highest BCUT2D eigenvalue weighted by molar-refractivity contribution is 5.72. The van der Waals surface area contributed by atoms with Crippen molar-refractivity contribution in [1.29, 1.82) is 0 Å². The Morgan fingerprint density at radius 2 is 2.31 bits per heavy atom. The second kappa shape index (κ2) is 3.16. The van der Waals surface area contributed by atoms with E-state index < -0.39 is 0 Å². The van der Waals surface area contributed by atoms with Crippen molar-refractivity contribution in [1.82, 2.24) is 15.5 Å². The molecular weight excluding hydrogens is 168 g/mol. The molecule has 2 aliphatic rings. The molecule has 0 aromatic heterocycles. The van der Waals surface area contributed by atoms with Gasteiger partial charge in [-0.05, 0) is 6.42 Å². The average molecular weight is 184 g/mol. The standard InChI is InChI=1S/C8H16N4O/c9-7(13)12-4-1-8(6-12)5-10-2-3-11-8/h10-11H,1-6H2,(H2,9,13). The predicted molar refractivity (Wildman–Crippen MR) is 49.4 cm³/mol. The van der Waals surface area contributed by atoms with E-state index in [1.54, 1.807) is 4.90 Å². The zero-order chi connectivity index (χ0) is 9.31. The molecule has 2 amide bonds. The average Bonchev–Trinajstić information content (AvgIpc) is 2.51. The van der Waals surface area contributed by atoms with Crippen LogP contribution < -0.4 is 16.4 Å². The molecule has 2 saturated heterocycles. The number of nitrogens with two attached hydrogens (primary N) is 1. The molecular formula is C8H16N4O. The number of nitrogens with zero attached hydrogens (tertiary/aromatic N) is 1. The number of hydrogen-bond acceptors (Lipinski definition) is 3. The first kappa shape index (κ1) is 8.77. The van der Waals surface area contributed by atoms with E-state index in [0.29, 0.717) is 0 Å². The van der Waals surface area contributed by atoms with Crippen molar-refractivity contribution in [2.75, 3.05) is 32.7 Å². The van der Waals surface area contributed by atoms with E-state index in [-0.39, 0.29) is 11.6 Å². The van der Waals surface area contributed by atoms with Crippen molar-refractivity contribution in [3.63, 3.8) is 0 Å². The summed E-state index contributed by atoms with van der Waals surface area (Å²) in [7, 11) is 0. The summed E-state index contributed by atoms with van der Waals surface area (Å²) in [6.45, 7) is 4.46. The van der Waals surface area contributed by atoms with Gasteiger partial charge >= 0.3 is 6.03 Å². The number of nitrogens with one attached hydrogen (secondary N) is 2. The van der Waals surface area contributed by atoms with Crippen LogP contribution in [-0.4, -0.2) is 49.2 Å². The third-order valence-corrected chi connectivity index (χ3v) is 2.93. The fourth-order valence-corrected chi connectivity index (χ4v) is 2.16. The van der Waals surface area contributed by atoms with Gasteiger partial charge in [0.15, 0.2) is 0 Å². The molecule has 1 spiro atoms. The summed E-state index contributed by atoms with van der Waals surface area (Å²) in [4.78, 5) is 12.6. The smallest absolute Gasteiger partial charge is 0.314 e. The lowest BCUT2D eigenvalue weighted by Gasteiger charge is -2.35. The summed E-state index contributed by atoms with van der Waals surface area (Å²) in [6.07, 6.45) is 1.00. The molecule has 1 atom stereocenters. The van der Waals surface area contributed by atoms with Crippen molar-refractivity contribution in [2.24, 2.45) is 5.73 Å². The number of carbonyl (C=O) groups excluding carboxylic acids is 1. The van der Waals surface area contributed by atoms with Crippen LogP contribution in [-0.2, 0) is 0 Å². The van der Waals surface area contributed by atoms with Gasteiger partial charge in [0.1, 0.15) is 0 Å². The Balaban J connectivity index is 1.98. The second-order valence-electron chi connectivity index (χ2n) is 3.89. The summed E-state index contributed by atoms with van der Waals surface area (Å²) >= 11 is 0. The van der Waals surface area contributed by atoms with Crippen LogP contribution in [0.3, 0.4) is 0 Å². The molecule has 0 bridgehead atoms. The van der Waals surface area contributed by atoms with E-state index in [4.69, 9.17) is 5.73 Å². The van der Waals surface area contributed by atoms with Crippen LogP contribution in [0.15, 0.2) is 0 Å². The minimum Gasteiger partial charge on any atom is -0.351 e. The first-order valence-corrected chi connectivity index (χ1v) is 4.72. The highest BCUT2D eigenvalue weighted by Crippen LogP contribution is 2.21. The van der Waals surface area contributed by atoms with Gasteiger partial charge in [0.25, 0.3) is 0 Å². The minimum atomic E-state index is -0.302. The zero-order valence-electron chi connectivity index (χ0n) is 7.68. The Labute approximate surface area is 77.6 Å². The topological polar surface area (TPSA) is 70.4 Å². The van der Waals surface area contributed by atoms with Gasteiger partial charge in [0, 0.05) is 32.7 Å². The Hall–Kier alpha value is -0.810. The summed E-state index contributed by atoms with van der Waals surface area (Å²) in [5.74, 6) is 0. The van der Waals surface area contributed by atoms with Crippen LogP contribution in [0.25, 0.3) is 0 Å². The number of piperazine rings is 1. The maximum absolute atomic E-state index is 10.9. The summed E-state index contributed by atoms with van der Waals surface area (Å²) in [6, 6.07) is -0.302. The molecule has 2 fully saturated rings. The maximum atomic E-state index is 10.9. The van der Waals surface area contributed by atoms with Crippen LogP contribution in [0, 0.1) is 0 Å². The van der Waals surface area contributed by atoms with Crippen molar-refractivity contribution in [2.45, 2.75) is 12.0 Å². The van der Waals surface area contributed by atoms with E-state index in [1.807, 2.05) is 0 Å². The molecule has 1 unspecified atom stereocenters. The summed E-state index contributed by atoms with van der Waals surface area (Å²) in [5, 5.41) is 6.80. The van der Waals surface area contributed by atoms with Crippen LogP contribution in [0.5, 0.6) is 0 Å². The lowest BCUT2D eigenvalue weighted by Crippen LogP contribution is -2.60. The van der Waals surface area contributed by atoms with E-state index in [0.717, 1.165) is 39.1 Å². The molecule has 5 nitrogen and oxygen atoms in total. The SMILES string of the molecule is NC(=O)N1CCC2(CNCCN2)C1. The van der Waals surface area contributed by atoms with Gasteiger partial charge in [-0.2, -0.15) is 0 Å². The van der Waals surface area contributed by atoms with Gasteiger partial charge < -0.3 is 21.3 Å². The van der Waals surface area contributed by atoms with Crippen LogP contribution in [0.1, 0.15) is 6.42 Å². The summed E-state index contributed by atoms with van der Waals surface area (Å²) in [5.41, 5.74) is 5.32. The van der Waals surface area contributed by atoms with Gasteiger partial charge in [0.05, 0.1) is 5.54 Å². The van der Waals surface area contributed by atoms with Gasteiger partial charge in [-0.25, -0.2) is 4.79 Å². The molecule has 0 saturated carbocycles. The molecule has 13 heavy (non-hydrogen) atoms. The molecule has 74 valence electrons. The predicted octanol–water partition coefficient (Wildman–Crippen LogP) is -1.30. The van der Waals surface area contributed by atoms with E-state index in [2.05, 4.69) is 10.6 Å². The lowest BCUT2D eigenvalue weighted by atomic mass is 9.97. The highest BCUT2D eigenvalue weighted by atomic mass is 16.2. The molecule has 0 aromatic rings. The third-order valence-electron chi connectivity index (χ3n) is 2.93. The lowest BCUT2D eigenvalue weighted by molar-refractivity contribution is 0.209. The molecule has 5 heteroatoms. The third kappa shape index (κ3) is 1.62. The summed E-state index contributed by atoms with van der Waals surface area (Å²) < 4.78 is 0. The monoisotopic (exact) mass is 184 g/mol. The number of hydrogen-bond donors (Lipinski definition) is 3. The fraction of sp³-hybridized carbons (Fsp3) is 0.875. The number of carbonyl (C=O) groups is 1. The quantitative estimate of drug-likeness (QED) is 0.438. The van der Waals surface area contributed by atoms with Gasteiger partial charge in [-0.3, -0.25) is 0 Å². The fourth-order valence-electron chi connectivity index (χ4n) is 2.16. The Bertz CT molecular complexity index is 212. The zero-order valence-corrected chi connectivity index (χ0v) is 7.68. The minimum absolute atomic E-state index is 0.0906. The molecule has 2 aliphatic heterocycles. The molecule has 0 radical (unpaired) electrons. The Morgan fingerprint density at radius 3 is 2.85 bits per heavy atom. The highest BCUT2D eigenvalue weighted by Gasteiger charge is 2.39. The number of primary amides is 1. The van der Waals surface area contributed by atoms with Gasteiger partial charge in [-0.1, -0.05) is 0 Å². The van der Waals surface area contributed by atoms with Crippen molar-refractivity contribution >= 4 is 6.03 Å². The van der Waals surface area contributed by atoms with Crippen LogP contribution >= 0.6 is 0 Å². The first-order chi connectivity index (χ1) is 6.22. The molecule has 2 rings (SSSR count). The Morgan fingerprint density at radius 1 is 1.46 bits per heavy atom. The normalized spacial score (nSPS) is 34.0. The second-order valence-corrected chi connectivity index (χ2v) is 3.89.